The molecule has 0 aliphatic rings. The summed E-state index contributed by atoms with van der Waals surface area (Å²) >= 11 is 0. The van der Waals surface area contributed by atoms with Crippen molar-refractivity contribution in [2.24, 2.45) is 5.73 Å². The molecule has 0 saturated carbocycles. The van der Waals surface area contributed by atoms with Gasteiger partial charge in [-0.15, -0.1) is 12.4 Å². The van der Waals surface area contributed by atoms with E-state index in [1.807, 2.05) is 6.07 Å². The molecule has 0 fully saturated rings. The average molecular weight is 251 g/mol. The Morgan fingerprint density at radius 2 is 1.75 bits per heavy atom. The van der Waals surface area contributed by atoms with Crippen molar-refractivity contribution in [3.05, 3.63) is 35.4 Å². The molecule has 1 aromatic rings. The maximum Gasteiger partial charge on any atom is 0.416 e. The van der Waals surface area contributed by atoms with Crippen LogP contribution in [-0.4, -0.2) is 0 Å². The van der Waals surface area contributed by atoms with Gasteiger partial charge < -0.3 is 5.73 Å². The predicted octanol–water partition coefficient (Wildman–Crippen LogP) is 3.04. The monoisotopic (exact) mass is 250 g/mol. The van der Waals surface area contributed by atoms with Gasteiger partial charge >= 0.3 is 6.18 Å². The van der Waals surface area contributed by atoms with Gasteiger partial charge in [-0.25, -0.2) is 0 Å². The van der Waals surface area contributed by atoms with Crippen LogP contribution in [-0.2, 0) is 6.18 Å². The Bertz CT molecular complexity index is 367. The summed E-state index contributed by atoms with van der Waals surface area (Å²) in [4.78, 5) is 0. The molecule has 2 N–H and O–H groups in total. The highest BCUT2D eigenvalue weighted by Gasteiger charge is 2.30. The first-order valence-corrected chi connectivity index (χ1v) is 4.25. The van der Waals surface area contributed by atoms with Crippen LogP contribution >= 0.6 is 12.4 Å². The van der Waals surface area contributed by atoms with Crippen LogP contribution in [0.3, 0.4) is 0 Å². The van der Waals surface area contributed by atoms with E-state index in [9.17, 15) is 13.2 Å². The van der Waals surface area contributed by atoms with Gasteiger partial charge in [0.1, 0.15) is 0 Å². The lowest BCUT2D eigenvalue weighted by atomic mass is 10.0. The molecule has 88 valence electrons. The van der Waals surface area contributed by atoms with E-state index in [4.69, 9.17) is 11.0 Å². The quantitative estimate of drug-likeness (QED) is 0.877. The number of nitrogens with zero attached hydrogens (tertiary/aromatic N) is 1. The third-order valence-corrected chi connectivity index (χ3v) is 1.98. The van der Waals surface area contributed by atoms with Crippen LogP contribution in [0.5, 0.6) is 0 Å². The molecule has 0 radical (unpaired) electrons. The third-order valence-electron chi connectivity index (χ3n) is 1.98. The first-order chi connectivity index (χ1) is 6.95. The zero-order valence-corrected chi connectivity index (χ0v) is 8.98. The topological polar surface area (TPSA) is 49.8 Å². The van der Waals surface area contributed by atoms with E-state index >= 15 is 0 Å². The van der Waals surface area contributed by atoms with E-state index in [1.54, 1.807) is 0 Å². The summed E-state index contributed by atoms with van der Waals surface area (Å²) in [7, 11) is 0. The van der Waals surface area contributed by atoms with E-state index in [-0.39, 0.29) is 18.8 Å². The number of benzene rings is 1. The number of nitriles is 1. The lowest BCUT2D eigenvalue weighted by molar-refractivity contribution is -0.137. The first kappa shape index (κ1) is 14.8. The van der Waals surface area contributed by atoms with Gasteiger partial charge in [0.15, 0.2) is 0 Å². The fraction of sp³-hybridized carbons (Fsp3) is 0.300. The Morgan fingerprint density at radius 1 is 1.25 bits per heavy atom. The van der Waals surface area contributed by atoms with Crippen molar-refractivity contribution >= 4 is 12.4 Å². The van der Waals surface area contributed by atoms with E-state index in [0.29, 0.717) is 5.56 Å². The lowest BCUT2D eigenvalue weighted by Gasteiger charge is -2.10. The highest BCUT2D eigenvalue weighted by atomic mass is 35.5. The van der Waals surface area contributed by atoms with Crippen LogP contribution in [0.4, 0.5) is 13.2 Å². The SMILES string of the molecule is Cl.N#CC[C@H](N)c1ccc(C(F)(F)F)cc1. The van der Waals surface area contributed by atoms with Gasteiger partial charge in [-0.1, -0.05) is 12.1 Å². The van der Waals surface area contributed by atoms with Gasteiger partial charge in [0, 0.05) is 6.04 Å². The predicted molar refractivity (Wildman–Crippen MR) is 55.9 cm³/mol. The molecular weight excluding hydrogens is 241 g/mol. The molecular formula is C10H10ClF3N2. The first-order valence-electron chi connectivity index (χ1n) is 4.25. The molecule has 16 heavy (non-hydrogen) atoms. The van der Waals surface area contributed by atoms with Crippen molar-refractivity contribution in [2.45, 2.75) is 18.6 Å². The molecule has 0 aromatic heterocycles. The maximum atomic E-state index is 12.2. The molecule has 1 aromatic carbocycles. The summed E-state index contributed by atoms with van der Waals surface area (Å²) < 4.78 is 36.6. The van der Waals surface area contributed by atoms with Crippen LogP contribution in [0.2, 0.25) is 0 Å². The molecule has 0 aliphatic carbocycles. The fourth-order valence-electron chi connectivity index (χ4n) is 1.14. The minimum Gasteiger partial charge on any atom is -0.323 e. The molecule has 0 spiro atoms. The Labute approximate surface area is 97.3 Å². The van der Waals surface area contributed by atoms with Crippen LogP contribution in [0.15, 0.2) is 24.3 Å². The zero-order valence-electron chi connectivity index (χ0n) is 8.16. The number of hydrogen-bond acceptors (Lipinski definition) is 2. The van der Waals surface area contributed by atoms with E-state index in [0.717, 1.165) is 12.1 Å². The highest BCUT2D eigenvalue weighted by Crippen LogP contribution is 2.29. The van der Waals surface area contributed by atoms with Crippen molar-refractivity contribution in [1.29, 1.82) is 5.26 Å². The molecule has 1 atom stereocenters. The molecule has 0 saturated heterocycles. The van der Waals surface area contributed by atoms with Crippen molar-refractivity contribution in [1.82, 2.24) is 0 Å². The van der Waals surface area contributed by atoms with Gasteiger partial charge in [-0.3, -0.25) is 0 Å². The largest absolute Gasteiger partial charge is 0.416 e. The Balaban J connectivity index is 0.00000225. The zero-order chi connectivity index (χ0) is 11.5. The van der Waals surface area contributed by atoms with Gasteiger partial charge in [-0.2, -0.15) is 18.4 Å². The fourth-order valence-corrected chi connectivity index (χ4v) is 1.14. The minimum atomic E-state index is -4.34. The lowest BCUT2D eigenvalue weighted by Crippen LogP contribution is -2.10. The summed E-state index contributed by atoms with van der Waals surface area (Å²) in [5.74, 6) is 0. The molecule has 1 rings (SSSR count). The summed E-state index contributed by atoms with van der Waals surface area (Å²) in [5.41, 5.74) is 5.38. The van der Waals surface area contributed by atoms with E-state index < -0.39 is 17.8 Å². The van der Waals surface area contributed by atoms with E-state index in [1.165, 1.54) is 12.1 Å². The Morgan fingerprint density at radius 3 is 2.12 bits per heavy atom. The second-order valence-corrected chi connectivity index (χ2v) is 3.09. The van der Waals surface area contributed by atoms with Crippen molar-refractivity contribution in [3.8, 4) is 6.07 Å². The normalized spacial score (nSPS) is 12.4. The second kappa shape index (κ2) is 5.73. The van der Waals surface area contributed by atoms with Crippen LogP contribution in [0, 0.1) is 11.3 Å². The van der Waals surface area contributed by atoms with Crippen molar-refractivity contribution < 1.29 is 13.2 Å². The van der Waals surface area contributed by atoms with Gasteiger partial charge in [0.2, 0.25) is 0 Å². The van der Waals surface area contributed by atoms with Crippen LogP contribution in [0.25, 0.3) is 0 Å². The van der Waals surface area contributed by atoms with Crippen LogP contribution < -0.4 is 5.73 Å². The molecule has 0 amide bonds. The number of halogens is 4. The van der Waals surface area contributed by atoms with Crippen molar-refractivity contribution in [2.75, 3.05) is 0 Å². The smallest absolute Gasteiger partial charge is 0.323 e. The minimum absolute atomic E-state index is 0. The number of nitrogens with two attached hydrogens (primary N) is 1. The van der Waals surface area contributed by atoms with E-state index in [2.05, 4.69) is 0 Å². The molecule has 2 nitrogen and oxygen atoms in total. The number of rotatable bonds is 2. The van der Waals surface area contributed by atoms with Crippen molar-refractivity contribution in [3.63, 3.8) is 0 Å². The summed E-state index contributed by atoms with van der Waals surface area (Å²) in [6, 6.07) is 5.86. The highest BCUT2D eigenvalue weighted by molar-refractivity contribution is 5.85. The molecule has 6 heteroatoms. The van der Waals surface area contributed by atoms with Gasteiger partial charge in [0.25, 0.3) is 0 Å². The van der Waals surface area contributed by atoms with Crippen LogP contribution in [0.1, 0.15) is 23.6 Å². The summed E-state index contributed by atoms with van der Waals surface area (Å²) in [6.07, 6.45) is -4.25. The molecule has 0 bridgehead atoms. The maximum absolute atomic E-state index is 12.2. The Kier molecular flexibility index (Phi) is 5.28. The second-order valence-electron chi connectivity index (χ2n) is 3.09. The number of alkyl halides is 3. The Hall–Kier alpha value is -1.25. The molecule has 0 unspecified atom stereocenters. The average Bonchev–Trinajstić information content (AvgIpc) is 2.17. The molecule has 0 aliphatic heterocycles. The number of hydrogen-bond donors (Lipinski definition) is 1. The standard InChI is InChI=1S/C10H9F3N2.ClH/c11-10(12,13)8-3-1-7(2-4-8)9(15)5-6-14;/h1-4,9H,5,15H2;1H/t9-;/m0./s1. The van der Waals surface area contributed by atoms with Gasteiger partial charge in [-0.05, 0) is 17.7 Å². The van der Waals surface area contributed by atoms with Gasteiger partial charge in [0.05, 0.1) is 18.1 Å². The summed E-state index contributed by atoms with van der Waals surface area (Å²) in [5, 5.41) is 8.37. The summed E-state index contributed by atoms with van der Waals surface area (Å²) in [6.45, 7) is 0. The third kappa shape index (κ3) is 3.72. The molecule has 0 heterocycles.